The van der Waals surface area contributed by atoms with Crippen molar-refractivity contribution in [2.75, 3.05) is 0 Å². The maximum absolute atomic E-state index is 11.1. The molecule has 15 heavy (non-hydrogen) atoms. The fourth-order valence-corrected chi connectivity index (χ4v) is 1.99. The number of hydrogen-bond acceptors (Lipinski definition) is 3. The molecule has 1 aliphatic rings. The van der Waals surface area contributed by atoms with E-state index in [1.807, 2.05) is 6.92 Å². The highest BCUT2D eigenvalue weighted by Crippen LogP contribution is 2.35. The third-order valence-electron chi connectivity index (χ3n) is 2.75. The van der Waals surface area contributed by atoms with Crippen molar-refractivity contribution in [1.82, 2.24) is 0 Å². The van der Waals surface area contributed by atoms with Crippen LogP contribution in [0, 0.1) is 0 Å². The fraction of sp³-hybridized carbons (Fsp3) is 0.583. The first-order valence-electron chi connectivity index (χ1n) is 5.25. The van der Waals surface area contributed by atoms with Crippen LogP contribution in [0.4, 0.5) is 0 Å². The molecule has 0 bridgehead atoms. The number of carbonyl (C=O) groups is 1. The van der Waals surface area contributed by atoms with Gasteiger partial charge in [0.2, 0.25) is 0 Å². The predicted molar refractivity (Wildman–Crippen MR) is 58.4 cm³/mol. The van der Waals surface area contributed by atoms with Gasteiger partial charge in [0.25, 0.3) is 0 Å². The molecule has 3 heteroatoms. The molecular formula is C12H18O3. The van der Waals surface area contributed by atoms with Crippen LogP contribution in [-0.2, 0) is 4.79 Å². The molecule has 84 valence electrons. The Balaban J connectivity index is 2.97. The molecule has 0 aromatic heterocycles. The van der Waals surface area contributed by atoms with Crippen molar-refractivity contribution in [1.29, 1.82) is 0 Å². The van der Waals surface area contributed by atoms with Gasteiger partial charge in [-0.2, -0.15) is 0 Å². The summed E-state index contributed by atoms with van der Waals surface area (Å²) in [6, 6.07) is 0. The van der Waals surface area contributed by atoms with Gasteiger partial charge in [-0.25, -0.2) is 0 Å². The molecular weight excluding hydrogens is 192 g/mol. The van der Waals surface area contributed by atoms with Crippen molar-refractivity contribution in [2.24, 2.45) is 0 Å². The number of hydrogen-bond donors (Lipinski definition) is 2. The van der Waals surface area contributed by atoms with E-state index >= 15 is 0 Å². The zero-order valence-electron chi connectivity index (χ0n) is 9.23. The number of ketones is 1. The molecule has 0 fully saturated rings. The Kier molecular flexibility index (Phi) is 3.47. The molecule has 0 aliphatic heterocycles. The summed E-state index contributed by atoms with van der Waals surface area (Å²) in [5.41, 5.74) is -2.77. The van der Waals surface area contributed by atoms with Crippen LogP contribution >= 0.6 is 0 Å². The molecule has 0 amide bonds. The Morgan fingerprint density at radius 2 is 1.73 bits per heavy atom. The maximum atomic E-state index is 11.1. The van der Waals surface area contributed by atoms with Crippen LogP contribution < -0.4 is 0 Å². The van der Waals surface area contributed by atoms with Crippen molar-refractivity contribution in [3.63, 3.8) is 0 Å². The average Bonchev–Trinajstić information content (AvgIpc) is 2.10. The Labute approximate surface area is 90.1 Å². The molecule has 0 aromatic rings. The average molecular weight is 210 g/mol. The van der Waals surface area contributed by atoms with Crippen LogP contribution in [0.3, 0.4) is 0 Å². The monoisotopic (exact) mass is 210 g/mol. The molecule has 1 rings (SSSR count). The van der Waals surface area contributed by atoms with Crippen molar-refractivity contribution in [3.05, 3.63) is 24.3 Å². The molecule has 2 N–H and O–H groups in total. The molecule has 0 aromatic carbocycles. The molecule has 0 saturated heterocycles. The van der Waals surface area contributed by atoms with E-state index < -0.39 is 11.2 Å². The number of allylic oxidation sites excluding steroid dienone is 2. The molecule has 3 nitrogen and oxygen atoms in total. The van der Waals surface area contributed by atoms with E-state index in [-0.39, 0.29) is 12.2 Å². The second kappa shape index (κ2) is 4.29. The van der Waals surface area contributed by atoms with Gasteiger partial charge >= 0.3 is 0 Å². The van der Waals surface area contributed by atoms with Gasteiger partial charge in [-0.1, -0.05) is 25.5 Å². The Morgan fingerprint density at radius 1 is 1.20 bits per heavy atom. The van der Waals surface area contributed by atoms with E-state index in [2.05, 4.69) is 0 Å². The van der Waals surface area contributed by atoms with Crippen molar-refractivity contribution in [2.45, 2.75) is 44.3 Å². The van der Waals surface area contributed by atoms with Gasteiger partial charge in [-0.05, 0) is 25.5 Å². The predicted octanol–water partition coefficient (Wildman–Crippen LogP) is 1.35. The zero-order valence-corrected chi connectivity index (χ0v) is 9.23. The molecule has 0 saturated carbocycles. The smallest absolute Gasteiger partial charge is 0.133 e. The highest BCUT2D eigenvalue weighted by Gasteiger charge is 2.46. The van der Waals surface area contributed by atoms with Crippen molar-refractivity contribution >= 4 is 5.78 Å². The first-order chi connectivity index (χ1) is 6.93. The second-order valence-corrected chi connectivity index (χ2v) is 4.20. The summed E-state index contributed by atoms with van der Waals surface area (Å²) in [7, 11) is 0. The van der Waals surface area contributed by atoms with E-state index in [1.165, 1.54) is 13.0 Å². The van der Waals surface area contributed by atoms with Gasteiger partial charge < -0.3 is 10.2 Å². The molecule has 0 heterocycles. The summed E-state index contributed by atoms with van der Waals surface area (Å²) in [5.74, 6) is -0.132. The summed E-state index contributed by atoms with van der Waals surface area (Å²) < 4.78 is 0. The SMILES string of the molecule is CCCC1(O)C=CC=CC1(O)CC(C)=O. The third-order valence-corrected chi connectivity index (χ3v) is 2.75. The minimum Gasteiger partial charge on any atom is -0.382 e. The van der Waals surface area contributed by atoms with Crippen molar-refractivity contribution in [3.8, 4) is 0 Å². The summed E-state index contributed by atoms with van der Waals surface area (Å²) in [6.45, 7) is 3.34. The van der Waals surface area contributed by atoms with Gasteiger partial charge in [0.1, 0.15) is 17.0 Å². The highest BCUT2D eigenvalue weighted by molar-refractivity contribution is 5.77. The summed E-state index contributed by atoms with van der Waals surface area (Å²) in [6.07, 6.45) is 7.57. The fourth-order valence-electron chi connectivity index (χ4n) is 1.99. The number of rotatable bonds is 4. The van der Waals surface area contributed by atoms with Crippen LogP contribution in [0.2, 0.25) is 0 Å². The van der Waals surface area contributed by atoms with Gasteiger partial charge in [-0.3, -0.25) is 4.79 Å². The Morgan fingerprint density at radius 3 is 2.20 bits per heavy atom. The number of carbonyl (C=O) groups excluding carboxylic acids is 1. The van der Waals surface area contributed by atoms with E-state index in [1.54, 1.807) is 18.2 Å². The zero-order chi connectivity index (χ0) is 11.5. The quantitative estimate of drug-likeness (QED) is 0.736. The summed E-state index contributed by atoms with van der Waals surface area (Å²) >= 11 is 0. The number of Topliss-reactive ketones (excluding diaryl/α,β-unsaturated/α-hetero) is 1. The standard InChI is InChI=1S/C12H18O3/c1-3-6-11(14)7-4-5-8-12(11,15)9-10(2)13/h4-5,7-8,14-15H,3,6,9H2,1-2H3. The van der Waals surface area contributed by atoms with E-state index in [0.717, 1.165) is 6.42 Å². The largest absolute Gasteiger partial charge is 0.382 e. The van der Waals surface area contributed by atoms with Crippen LogP contribution in [0.1, 0.15) is 33.1 Å². The Hall–Kier alpha value is -0.930. The molecule has 1 aliphatic carbocycles. The molecule has 2 unspecified atom stereocenters. The summed E-state index contributed by atoms with van der Waals surface area (Å²) in [5, 5.41) is 20.6. The van der Waals surface area contributed by atoms with Gasteiger partial charge in [0, 0.05) is 6.42 Å². The first-order valence-corrected chi connectivity index (χ1v) is 5.25. The topological polar surface area (TPSA) is 57.5 Å². The van der Waals surface area contributed by atoms with Gasteiger partial charge in [0.05, 0.1) is 0 Å². The molecule has 2 atom stereocenters. The minimum absolute atomic E-state index is 0.0513. The summed E-state index contributed by atoms with van der Waals surface area (Å²) in [4.78, 5) is 11.1. The van der Waals surface area contributed by atoms with Crippen LogP contribution in [0.25, 0.3) is 0 Å². The van der Waals surface area contributed by atoms with Crippen LogP contribution in [0.5, 0.6) is 0 Å². The minimum atomic E-state index is -1.45. The number of aliphatic hydroxyl groups is 2. The highest BCUT2D eigenvalue weighted by atomic mass is 16.4. The van der Waals surface area contributed by atoms with Crippen molar-refractivity contribution < 1.29 is 15.0 Å². The van der Waals surface area contributed by atoms with Crippen LogP contribution in [0.15, 0.2) is 24.3 Å². The van der Waals surface area contributed by atoms with Gasteiger partial charge in [-0.15, -0.1) is 0 Å². The lowest BCUT2D eigenvalue weighted by Crippen LogP contribution is -2.53. The normalized spacial score (nSPS) is 34.4. The third kappa shape index (κ3) is 2.36. The van der Waals surface area contributed by atoms with E-state index in [9.17, 15) is 15.0 Å². The van der Waals surface area contributed by atoms with Crippen LogP contribution in [-0.4, -0.2) is 27.2 Å². The molecule has 0 radical (unpaired) electrons. The lowest BCUT2D eigenvalue weighted by atomic mass is 9.74. The second-order valence-electron chi connectivity index (χ2n) is 4.20. The maximum Gasteiger partial charge on any atom is 0.133 e. The molecule has 0 spiro atoms. The first kappa shape index (κ1) is 12.1. The lowest BCUT2D eigenvalue weighted by Gasteiger charge is -2.41. The Bertz CT molecular complexity index is 306. The lowest BCUT2D eigenvalue weighted by molar-refractivity contribution is -0.133. The van der Waals surface area contributed by atoms with Gasteiger partial charge in [0.15, 0.2) is 0 Å². The van der Waals surface area contributed by atoms with E-state index in [4.69, 9.17) is 0 Å². The van der Waals surface area contributed by atoms with E-state index in [0.29, 0.717) is 6.42 Å².